The molecule has 0 atom stereocenters. The molecule has 0 radical (unpaired) electrons. The summed E-state index contributed by atoms with van der Waals surface area (Å²) in [6.45, 7) is 3.91. The van der Waals surface area contributed by atoms with Crippen molar-refractivity contribution in [2.45, 2.75) is 32.2 Å². The van der Waals surface area contributed by atoms with E-state index in [2.05, 4.69) is 38.0 Å². The molecule has 2 N–H and O–H groups in total. The third kappa shape index (κ3) is 6.95. The van der Waals surface area contributed by atoms with Crippen molar-refractivity contribution in [3.05, 3.63) is 22.4 Å². The van der Waals surface area contributed by atoms with E-state index in [4.69, 9.17) is 0 Å². The Morgan fingerprint density at radius 1 is 1.50 bits per heavy atom. The predicted molar refractivity (Wildman–Crippen MR) is 103 cm³/mol. The zero-order chi connectivity index (χ0) is 15.1. The highest BCUT2D eigenvalue weighted by molar-refractivity contribution is 14.0. The van der Waals surface area contributed by atoms with Crippen molar-refractivity contribution in [3.63, 3.8) is 0 Å². The number of guanidine groups is 1. The van der Waals surface area contributed by atoms with Gasteiger partial charge >= 0.3 is 0 Å². The number of hydrogen-bond acceptors (Lipinski definition) is 3. The number of aliphatic imine (C=N–C) groups is 1. The molecule has 22 heavy (non-hydrogen) atoms. The van der Waals surface area contributed by atoms with E-state index in [0.717, 1.165) is 38.3 Å². The summed E-state index contributed by atoms with van der Waals surface area (Å²) >= 11 is 1.77. The predicted octanol–water partition coefficient (Wildman–Crippen LogP) is 2.08. The maximum Gasteiger partial charge on any atom is 0.242 e. The second-order valence-electron chi connectivity index (χ2n) is 5.26. The molecule has 124 valence electrons. The maximum absolute atomic E-state index is 11.7. The van der Waals surface area contributed by atoms with Crippen LogP contribution in [0.3, 0.4) is 0 Å². The van der Waals surface area contributed by atoms with E-state index in [1.165, 1.54) is 4.88 Å². The molecule has 2 rings (SSSR count). The molecule has 0 aliphatic heterocycles. The molecule has 1 saturated carbocycles. The smallest absolute Gasteiger partial charge is 0.242 e. The molecule has 0 aromatic carbocycles. The minimum Gasteiger partial charge on any atom is -0.357 e. The van der Waals surface area contributed by atoms with Crippen LogP contribution in [0.5, 0.6) is 0 Å². The molecule has 0 saturated heterocycles. The van der Waals surface area contributed by atoms with E-state index >= 15 is 0 Å². The van der Waals surface area contributed by atoms with Gasteiger partial charge in [0.05, 0.1) is 0 Å². The second kappa shape index (κ2) is 10.0. The van der Waals surface area contributed by atoms with Gasteiger partial charge in [0.1, 0.15) is 6.54 Å². The van der Waals surface area contributed by atoms with Crippen LogP contribution in [0.25, 0.3) is 0 Å². The molecular weight excluding hydrogens is 411 g/mol. The number of amides is 1. The Labute approximate surface area is 153 Å². The normalized spacial score (nSPS) is 14.2. The van der Waals surface area contributed by atoms with Gasteiger partial charge in [-0.1, -0.05) is 6.07 Å². The SMILES string of the molecule is CCNC(=NCC(=O)NC1CC1)N(C)CCc1cccs1.I. The zero-order valence-corrected chi connectivity index (χ0v) is 16.3. The molecule has 1 aromatic rings. The number of thiophene rings is 1. The first-order valence-electron chi connectivity index (χ1n) is 7.50. The lowest BCUT2D eigenvalue weighted by molar-refractivity contribution is -0.119. The number of carbonyl (C=O) groups is 1. The number of nitrogens with zero attached hydrogens (tertiary/aromatic N) is 2. The largest absolute Gasteiger partial charge is 0.357 e. The number of carbonyl (C=O) groups excluding carboxylic acids is 1. The van der Waals surface area contributed by atoms with Crippen molar-refractivity contribution in [3.8, 4) is 0 Å². The molecule has 0 unspecified atom stereocenters. The highest BCUT2D eigenvalue weighted by Crippen LogP contribution is 2.18. The summed E-state index contributed by atoms with van der Waals surface area (Å²) in [4.78, 5) is 19.6. The summed E-state index contributed by atoms with van der Waals surface area (Å²) in [7, 11) is 2.01. The molecule has 1 amide bonds. The molecule has 0 bridgehead atoms. The summed E-state index contributed by atoms with van der Waals surface area (Å²) < 4.78 is 0. The van der Waals surface area contributed by atoms with Gasteiger partial charge in [0, 0.05) is 31.1 Å². The van der Waals surface area contributed by atoms with Crippen molar-refractivity contribution in [1.82, 2.24) is 15.5 Å². The Morgan fingerprint density at radius 3 is 2.86 bits per heavy atom. The van der Waals surface area contributed by atoms with E-state index < -0.39 is 0 Å². The van der Waals surface area contributed by atoms with Gasteiger partial charge < -0.3 is 15.5 Å². The van der Waals surface area contributed by atoms with Crippen LogP contribution in [0.15, 0.2) is 22.5 Å². The van der Waals surface area contributed by atoms with Crippen molar-refractivity contribution >= 4 is 47.2 Å². The van der Waals surface area contributed by atoms with Crippen LogP contribution >= 0.6 is 35.3 Å². The van der Waals surface area contributed by atoms with E-state index in [1.54, 1.807) is 11.3 Å². The number of halogens is 1. The summed E-state index contributed by atoms with van der Waals surface area (Å²) in [5, 5.41) is 8.28. The first-order valence-corrected chi connectivity index (χ1v) is 8.38. The Morgan fingerprint density at radius 2 is 2.27 bits per heavy atom. The molecular formula is C15H25IN4OS. The van der Waals surface area contributed by atoms with Crippen LogP contribution in [0, 0.1) is 0 Å². The van der Waals surface area contributed by atoms with Gasteiger partial charge in [-0.15, -0.1) is 35.3 Å². The monoisotopic (exact) mass is 436 g/mol. The Hall–Kier alpha value is -0.830. The number of nitrogens with one attached hydrogen (secondary N) is 2. The first-order chi connectivity index (χ1) is 10.2. The highest BCUT2D eigenvalue weighted by atomic mass is 127. The van der Waals surface area contributed by atoms with Crippen LogP contribution in [0.1, 0.15) is 24.6 Å². The lowest BCUT2D eigenvalue weighted by Gasteiger charge is -2.21. The van der Waals surface area contributed by atoms with E-state index in [0.29, 0.717) is 6.04 Å². The Bertz CT molecular complexity index is 474. The van der Waals surface area contributed by atoms with E-state index in [9.17, 15) is 4.79 Å². The average molecular weight is 436 g/mol. The summed E-state index contributed by atoms with van der Waals surface area (Å²) in [5.41, 5.74) is 0. The fourth-order valence-electron chi connectivity index (χ4n) is 1.96. The van der Waals surface area contributed by atoms with Crippen LogP contribution in [-0.2, 0) is 11.2 Å². The lowest BCUT2D eigenvalue weighted by atomic mass is 10.3. The van der Waals surface area contributed by atoms with Gasteiger partial charge in [-0.25, -0.2) is 4.99 Å². The molecule has 1 aromatic heterocycles. The van der Waals surface area contributed by atoms with Gasteiger partial charge in [0.2, 0.25) is 5.91 Å². The van der Waals surface area contributed by atoms with Crippen molar-refractivity contribution in [2.75, 3.05) is 26.7 Å². The summed E-state index contributed by atoms with van der Waals surface area (Å²) in [6.07, 6.45) is 3.21. The molecule has 7 heteroatoms. The fourth-order valence-corrected chi connectivity index (χ4v) is 2.65. The van der Waals surface area contributed by atoms with Crippen molar-refractivity contribution in [2.24, 2.45) is 4.99 Å². The number of hydrogen-bond donors (Lipinski definition) is 2. The van der Waals surface area contributed by atoms with Gasteiger partial charge in [0.25, 0.3) is 0 Å². The topological polar surface area (TPSA) is 56.7 Å². The fraction of sp³-hybridized carbons (Fsp3) is 0.600. The third-order valence-electron chi connectivity index (χ3n) is 3.29. The molecule has 5 nitrogen and oxygen atoms in total. The quantitative estimate of drug-likeness (QED) is 0.391. The summed E-state index contributed by atoms with van der Waals surface area (Å²) in [5.74, 6) is 0.805. The third-order valence-corrected chi connectivity index (χ3v) is 4.22. The average Bonchev–Trinajstić information content (AvgIpc) is 3.12. The van der Waals surface area contributed by atoms with Crippen LogP contribution in [-0.4, -0.2) is 49.5 Å². The number of rotatable bonds is 7. The van der Waals surface area contributed by atoms with E-state index in [-0.39, 0.29) is 36.4 Å². The zero-order valence-electron chi connectivity index (χ0n) is 13.2. The molecule has 0 spiro atoms. The van der Waals surface area contributed by atoms with Crippen LogP contribution in [0.2, 0.25) is 0 Å². The van der Waals surface area contributed by atoms with Gasteiger partial charge in [-0.3, -0.25) is 4.79 Å². The number of likely N-dealkylation sites (N-methyl/N-ethyl adjacent to an activating group) is 1. The van der Waals surface area contributed by atoms with Crippen LogP contribution in [0.4, 0.5) is 0 Å². The molecule has 1 aliphatic rings. The molecule has 1 aliphatic carbocycles. The highest BCUT2D eigenvalue weighted by Gasteiger charge is 2.22. The summed E-state index contributed by atoms with van der Waals surface area (Å²) in [6, 6.07) is 4.61. The lowest BCUT2D eigenvalue weighted by Crippen LogP contribution is -2.41. The first kappa shape index (κ1) is 19.2. The van der Waals surface area contributed by atoms with Gasteiger partial charge in [-0.2, -0.15) is 0 Å². The molecule has 1 heterocycles. The minimum atomic E-state index is 0. The Kier molecular flexibility index (Phi) is 8.77. The van der Waals surface area contributed by atoms with Crippen molar-refractivity contribution in [1.29, 1.82) is 0 Å². The standard InChI is InChI=1S/C15H24N4OS.HI/c1-3-16-15(17-11-14(20)18-12-6-7-12)19(2)9-8-13-5-4-10-21-13;/h4-5,10,12H,3,6-9,11H2,1-2H3,(H,16,17)(H,18,20);1H. The minimum absolute atomic E-state index is 0. The van der Waals surface area contributed by atoms with Crippen molar-refractivity contribution < 1.29 is 4.79 Å². The second-order valence-corrected chi connectivity index (χ2v) is 6.30. The Balaban J connectivity index is 0.00000242. The van der Waals surface area contributed by atoms with Crippen LogP contribution < -0.4 is 10.6 Å². The van der Waals surface area contributed by atoms with Gasteiger partial charge in [-0.05, 0) is 37.6 Å². The maximum atomic E-state index is 11.7. The van der Waals surface area contributed by atoms with E-state index in [1.807, 2.05) is 14.0 Å². The molecule has 1 fully saturated rings. The van der Waals surface area contributed by atoms with Gasteiger partial charge in [0.15, 0.2) is 5.96 Å².